The molecule has 1 amide bonds. The molecule has 0 aromatic heterocycles. The van der Waals surface area contributed by atoms with Crippen LogP contribution in [-0.4, -0.2) is 61.8 Å². The number of anilines is 1. The van der Waals surface area contributed by atoms with Crippen molar-refractivity contribution in [2.24, 2.45) is 0 Å². The van der Waals surface area contributed by atoms with Crippen LogP contribution in [0.2, 0.25) is 0 Å². The summed E-state index contributed by atoms with van der Waals surface area (Å²) in [6, 6.07) is 11.7. The second-order valence-electron chi connectivity index (χ2n) is 7.87. The molecule has 1 saturated heterocycles. The Bertz CT molecular complexity index is 909. The van der Waals surface area contributed by atoms with Crippen molar-refractivity contribution in [3.8, 4) is 17.2 Å². The highest BCUT2D eigenvalue weighted by Gasteiger charge is 2.26. The van der Waals surface area contributed by atoms with Gasteiger partial charge in [0.15, 0.2) is 11.5 Å². The maximum Gasteiger partial charge on any atom is 0.241 e. The van der Waals surface area contributed by atoms with Gasteiger partial charge in [-0.2, -0.15) is 0 Å². The van der Waals surface area contributed by atoms with Gasteiger partial charge in [0.1, 0.15) is 5.75 Å². The smallest absolute Gasteiger partial charge is 0.241 e. The molecule has 0 radical (unpaired) electrons. The summed E-state index contributed by atoms with van der Waals surface area (Å²) in [7, 11) is 1.61. The minimum Gasteiger partial charge on any atom is -0.495 e. The van der Waals surface area contributed by atoms with E-state index in [1.54, 1.807) is 7.11 Å². The molecule has 0 spiro atoms. The lowest BCUT2D eigenvalue weighted by atomic mass is 10.1. The molecule has 1 N–H and O–H groups in total. The summed E-state index contributed by atoms with van der Waals surface area (Å²) < 4.78 is 16.2. The summed E-state index contributed by atoms with van der Waals surface area (Å²) in [6.07, 6.45) is 0. The molecule has 1 atom stereocenters. The summed E-state index contributed by atoms with van der Waals surface area (Å²) in [5, 5.41) is 3.03. The Balaban J connectivity index is 1.30. The number of carbonyl (C=O) groups is 1. The van der Waals surface area contributed by atoms with Crippen molar-refractivity contribution in [3.05, 3.63) is 47.5 Å². The Morgan fingerprint density at radius 3 is 2.63 bits per heavy atom. The van der Waals surface area contributed by atoms with E-state index in [-0.39, 0.29) is 11.9 Å². The van der Waals surface area contributed by atoms with Crippen molar-refractivity contribution in [2.45, 2.75) is 26.4 Å². The summed E-state index contributed by atoms with van der Waals surface area (Å²) in [6.45, 7) is 8.66. The predicted octanol–water partition coefficient (Wildman–Crippen LogP) is 2.88. The van der Waals surface area contributed by atoms with Crippen LogP contribution in [0, 0.1) is 6.92 Å². The maximum absolute atomic E-state index is 12.8. The zero-order valence-corrected chi connectivity index (χ0v) is 17.8. The highest BCUT2D eigenvalue weighted by atomic mass is 16.7. The fraction of sp³-hybridized carbons (Fsp3) is 0.435. The van der Waals surface area contributed by atoms with Crippen molar-refractivity contribution in [2.75, 3.05) is 45.4 Å². The number of hydrogen-bond donors (Lipinski definition) is 1. The lowest BCUT2D eigenvalue weighted by molar-refractivity contribution is -0.121. The van der Waals surface area contributed by atoms with Gasteiger partial charge >= 0.3 is 0 Å². The van der Waals surface area contributed by atoms with Gasteiger partial charge in [-0.05, 0) is 49.2 Å². The molecule has 2 aliphatic rings. The summed E-state index contributed by atoms with van der Waals surface area (Å²) in [5.74, 6) is 2.30. The van der Waals surface area contributed by atoms with Gasteiger partial charge in [-0.15, -0.1) is 0 Å². The molecular formula is C23H29N3O4. The van der Waals surface area contributed by atoms with E-state index in [1.165, 1.54) is 5.56 Å². The Labute approximate surface area is 177 Å². The van der Waals surface area contributed by atoms with Crippen LogP contribution in [0.1, 0.15) is 18.1 Å². The summed E-state index contributed by atoms with van der Waals surface area (Å²) in [4.78, 5) is 17.5. The molecule has 0 saturated carbocycles. The third-order valence-electron chi connectivity index (χ3n) is 5.79. The first kappa shape index (κ1) is 20.5. The molecule has 0 bridgehead atoms. The minimum absolute atomic E-state index is 0.0110. The molecule has 30 heavy (non-hydrogen) atoms. The molecule has 2 aromatic rings. The Morgan fingerprint density at radius 1 is 1.10 bits per heavy atom. The Hall–Kier alpha value is -2.77. The number of amides is 1. The molecule has 7 heteroatoms. The molecule has 2 aliphatic heterocycles. The van der Waals surface area contributed by atoms with Gasteiger partial charge in [-0.1, -0.05) is 12.1 Å². The Kier molecular flexibility index (Phi) is 6.11. The van der Waals surface area contributed by atoms with Crippen molar-refractivity contribution in [1.82, 2.24) is 9.80 Å². The summed E-state index contributed by atoms with van der Waals surface area (Å²) in [5.41, 5.74) is 3.01. The average molecular weight is 412 g/mol. The number of nitrogens with one attached hydrogen (secondary N) is 1. The zero-order valence-electron chi connectivity index (χ0n) is 17.8. The van der Waals surface area contributed by atoms with Crippen molar-refractivity contribution >= 4 is 11.6 Å². The number of benzene rings is 2. The largest absolute Gasteiger partial charge is 0.495 e. The molecule has 160 valence electrons. The van der Waals surface area contributed by atoms with Crippen molar-refractivity contribution in [1.29, 1.82) is 0 Å². The number of rotatable bonds is 6. The zero-order chi connectivity index (χ0) is 21.1. The van der Waals surface area contributed by atoms with Gasteiger partial charge in [0.05, 0.1) is 18.8 Å². The number of methoxy groups -OCH3 is 1. The molecular weight excluding hydrogens is 382 g/mol. The van der Waals surface area contributed by atoms with Gasteiger partial charge in [0, 0.05) is 32.7 Å². The van der Waals surface area contributed by atoms with Crippen LogP contribution in [0.15, 0.2) is 36.4 Å². The lowest BCUT2D eigenvalue weighted by Gasteiger charge is -2.37. The number of hydrogen-bond acceptors (Lipinski definition) is 6. The second-order valence-corrected chi connectivity index (χ2v) is 7.87. The molecule has 4 rings (SSSR count). The van der Waals surface area contributed by atoms with Crippen LogP contribution in [0.3, 0.4) is 0 Å². The monoisotopic (exact) mass is 411 g/mol. The van der Waals surface area contributed by atoms with Crippen molar-refractivity contribution < 1.29 is 19.0 Å². The van der Waals surface area contributed by atoms with Crippen LogP contribution >= 0.6 is 0 Å². The normalized spacial score (nSPS) is 17.6. The SMILES string of the molecule is COc1ccc(C)cc1NC(=O)[C@@H](C)N1CCN(Cc2ccc3c(c2)OCO3)CC1. The number of nitrogens with zero attached hydrogens (tertiary/aromatic N) is 2. The van der Waals surface area contributed by atoms with Crippen molar-refractivity contribution in [3.63, 3.8) is 0 Å². The van der Waals surface area contributed by atoms with E-state index in [2.05, 4.69) is 27.2 Å². The van der Waals surface area contributed by atoms with E-state index in [1.807, 2.05) is 38.1 Å². The topological polar surface area (TPSA) is 63.3 Å². The molecule has 2 heterocycles. The van der Waals surface area contributed by atoms with Gasteiger partial charge < -0.3 is 19.5 Å². The van der Waals surface area contributed by atoms with Crippen LogP contribution in [0.5, 0.6) is 17.2 Å². The molecule has 2 aromatic carbocycles. The minimum atomic E-state index is -0.206. The van der Waals surface area contributed by atoms with Gasteiger partial charge in [0.2, 0.25) is 12.7 Å². The predicted molar refractivity (Wildman–Crippen MR) is 115 cm³/mol. The van der Waals surface area contributed by atoms with E-state index in [0.29, 0.717) is 12.5 Å². The first-order valence-electron chi connectivity index (χ1n) is 10.3. The quantitative estimate of drug-likeness (QED) is 0.789. The van der Waals surface area contributed by atoms with Crippen LogP contribution in [-0.2, 0) is 11.3 Å². The Morgan fingerprint density at radius 2 is 1.87 bits per heavy atom. The van der Waals surface area contributed by atoms with Gasteiger partial charge in [-0.25, -0.2) is 0 Å². The number of carbonyl (C=O) groups excluding carboxylic acids is 1. The standard InChI is InChI=1S/C23H29N3O4/c1-16-4-6-20(28-3)19(12-16)24-23(27)17(2)26-10-8-25(9-11-26)14-18-5-7-21-22(13-18)30-15-29-21/h4-7,12-13,17H,8-11,14-15H2,1-3H3,(H,24,27)/t17-/m1/s1. The molecule has 0 unspecified atom stereocenters. The lowest BCUT2D eigenvalue weighted by Crippen LogP contribution is -2.52. The maximum atomic E-state index is 12.8. The van der Waals surface area contributed by atoms with Gasteiger partial charge in [0.25, 0.3) is 0 Å². The number of fused-ring (bicyclic) bond motifs is 1. The first-order chi connectivity index (χ1) is 14.5. The summed E-state index contributed by atoms with van der Waals surface area (Å²) >= 11 is 0. The number of aryl methyl sites for hydroxylation is 1. The van der Waals surface area contributed by atoms with Crippen LogP contribution in [0.4, 0.5) is 5.69 Å². The van der Waals surface area contributed by atoms with Gasteiger partial charge in [-0.3, -0.25) is 14.6 Å². The third-order valence-corrected chi connectivity index (χ3v) is 5.79. The van der Waals surface area contributed by atoms with E-state index >= 15 is 0 Å². The second kappa shape index (κ2) is 8.93. The average Bonchev–Trinajstić information content (AvgIpc) is 3.22. The van der Waals surface area contributed by atoms with E-state index in [4.69, 9.17) is 14.2 Å². The number of ether oxygens (including phenoxy) is 3. The van der Waals surface area contributed by atoms with Crippen LogP contribution < -0.4 is 19.5 Å². The first-order valence-corrected chi connectivity index (χ1v) is 10.3. The third kappa shape index (κ3) is 4.52. The highest BCUT2D eigenvalue weighted by Crippen LogP contribution is 2.33. The van der Waals surface area contributed by atoms with E-state index < -0.39 is 0 Å². The fourth-order valence-corrected chi connectivity index (χ4v) is 3.93. The van der Waals surface area contributed by atoms with Crippen LogP contribution in [0.25, 0.3) is 0 Å². The molecule has 7 nitrogen and oxygen atoms in total. The van der Waals surface area contributed by atoms with E-state index in [9.17, 15) is 4.79 Å². The molecule has 0 aliphatic carbocycles. The highest BCUT2D eigenvalue weighted by molar-refractivity contribution is 5.96. The number of piperazine rings is 1. The van der Waals surface area contributed by atoms with E-state index in [0.717, 1.165) is 55.5 Å². The molecule has 1 fully saturated rings. The fourth-order valence-electron chi connectivity index (χ4n) is 3.93.